The van der Waals surface area contributed by atoms with Crippen molar-refractivity contribution in [3.8, 4) is 0 Å². The van der Waals surface area contributed by atoms with Gasteiger partial charge in [0.2, 0.25) is 5.91 Å². The van der Waals surface area contributed by atoms with Gasteiger partial charge in [-0.15, -0.1) is 0 Å². The van der Waals surface area contributed by atoms with Gasteiger partial charge in [-0.05, 0) is 11.6 Å². The number of aromatic nitrogens is 4. The molecule has 0 aliphatic carbocycles. The number of anilines is 2. The molecule has 0 bridgehead atoms. The zero-order valence-electron chi connectivity index (χ0n) is 12.4. The van der Waals surface area contributed by atoms with Gasteiger partial charge < -0.3 is 11.1 Å². The second-order valence-electron chi connectivity index (χ2n) is 5.04. The van der Waals surface area contributed by atoms with Crippen molar-refractivity contribution in [3.05, 3.63) is 66.4 Å². The lowest BCUT2D eigenvalue weighted by Crippen LogP contribution is -2.18. The highest BCUT2D eigenvalue weighted by Gasteiger charge is 2.04. The monoisotopic (exact) mass is 308 g/mol. The third kappa shape index (κ3) is 4.13. The van der Waals surface area contributed by atoms with Crippen molar-refractivity contribution in [1.29, 1.82) is 0 Å². The van der Waals surface area contributed by atoms with Crippen LogP contribution in [0.2, 0.25) is 0 Å². The Morgan fingerprint density at radius 2 is 2.04 bits per heavy atom. The Balaban J connectivity index is 1.70. The molecule has 0 saturated heterocycles. The zero-order chi connectivity index (χ0) is 16.1. The maximum absolute atomic E-state index is 10.9. The third-order valence-electron chi connectivity index (χ3n) is 3.13. The Hall–Kier alpha value is -3.22. The summed E-state index contributed by atoms with van der Waals surface area (Å²) in [6.45, 7) is 0.0463. The van der Waals surface area contributed by atoms with Crippen molar-refractivity contribution in [2.75, 3.05) is 5.32 Å². The Morgan fingerprint density at radius 1 is 1.22 bits per heavy atom. The van der Waals surface area contributed by atoms with Crippen LogP contribution in [0, 0.1) is 0 Å². The predicted octanol–water partition coefficient (Wildman–Crippen LogP) is 1.49. The molecular weight excluding hydrogens is 292 g/mol. The van der Waals surface area contributed by atoms with Gasteiger partial charge in [0.15, 0.2) is 0 Å². The van der Waals surface area contributed by atoms with E-state index in [0.29, 0.717) is 12.2 Å². The highest BCUT2D eigenvalue weighted by Crippen LogP contribution is 2.14. The second-order valence-corrected chi connectivity index (χ2v) is 5.04. The van der Waals surface area contributed by atoms with E-state index >= 15 is 0 Å². The van der Waals surface area contributed by atoms with E-state index in [9.17, 15) is 4.79 Å². The van der Waals surface area contributed by atoms with Crippen LogP contribution in [-0.2, 0) is 17.8 Å². The number of rotatable bonds is 6. The minimum absolute atomic E-state index is 0.0463. The number of nitrogens with one attached hydrogen (secondary N) is 1. The van der Waals surface area contributed by atoms with Crippen LogP contribution >= 0.6 is 0 Å². The van der Waals surface area contributed by atoms with Gasteiger partial charge >= 0.3 is 0 Å². The molecule has 1 aromatic carbocycles. The Morgan fingerprint density at radius 3 is 2.83 bits per heavy atom. The van der Waals surface area contributed by atoms with Crippen LogP contribution in [0.15, 0.2) is 55.0 Å². The molecule has 0 atom stereocenters. The summed E-state index contributed by atoms with van der Waals surface area (Å²) < 4.78 is 1.47. The van der Waals surface area contributed by atoms with E-state index < -0.39 is 5.91 Å². The van der Waals surface area contributed by atoms with Gasteiger partial charge in [-0.1, -0.05) is 30.3 Å². The van der Waals surface area contributed by atoms with E-state index in [1.807, 2.05) is 30.3 Å². The van der Waals surface area contributed by atoms with Crippen molar-refractivity contribution in [3.63, 3.8) is 0 Å². The van der Waals surface area contributed by atoms with Gasteiger partial charge in [-0.2, -0.15) is 5.10 Å². The highest BCUT2D eigenvalue weighted by molar-refractivity contribution is 5.73. The smallest absolute Gasteiger partial charge is 0.239 e. The summed E-state index contributed by atoms with van der Waals surface area (Å²) >= 11 is 0. The van der Waals surface area contributed by atoms with Gasteiger partial charge in [0.05, 0.1) is 11.9 Å². The molecule has 3 N–H and O–H groups in total. The van der Waals surface area contributed by atoms with Crippen LogP contribution in [0.3, 0.4) is 0 Å². The zero-order valence-corrected chi connectivity index (χ0v) is 12.4. The first-order valence-electron chi connectivity index (χ1n) is 7.13. The van der Waals surface area contributed by atoms with Crippen LogP contribution < -0.4 is 11.1 Å². The van der Waals surface area contributed by atoms with Crippen LogP contribution in [0.25, 0.3) is 0 Å². The molecule has 0 unspecified atom stereocenters. The number of carbonyl (C=O) groups is 1. The third-order valence-corrected chi connectivity index (χ3v) is 3.13. The Labute approximate surface area is 133 Å². The molecule has 0 aliphatic rings. The molecule has 23 heavy (non-hydrogen) atoms. The van der Waals surface area contributed by atoms with Crippen LogP contribution in [-0.4, -0.2) is 25.7 Å². The Bertz CT molecular complexity index is 799. The summed E-state index contributed by atoms with van der Waals surface area (Å²) in [5.74, 6) is 0.960. The van der Waals surface area contributed by atoms with E-state index in [2.05, 4.69) is 20.4 Å². The molecule has 0 saturated carbocycles. The minimum atomic E-state index is -0.438. The average Bonchev–Trinajstić information content (AvgIpc) is 2.95. The lowest BCUT2D eigenvalue weighted by molar-refractivity contribution is -0.118. The number of hydrogen-bond acceptors (Lipinski definition) is 5. The molecule has 0 aliphatic heterocycles. The van der Waals surface area contributed by atoms with E-state index in [4.69, 9.17) is 5.73 Å². The van der Waals surface area contributed by atoms with Gasteiger partial charge in [0.1, 0.15) is 18.2 Å². The topological polar surface area (TPSA) is 98.7 Å². The summed E-state index contributed by atoms with van der Waals surface area (Å²) in [6, 6.07) is 11.8. The van der Waals surface area contributed by atoms with Crippen LogP contribution in [0.4, 0.5) is 11.5 Å². The standard InChI is InChI=1S/C16H16N6O/c17-14(23)11-22-10-13(9-19-22)20-15-6-7-18-16(21-15)8-12-4-2-1-3-5-12/h1-7,9-10H,8,11H2,(H2,17,23)(H,18,20,21). The lowest BCUT2D eigenvalue weighted by atomic mass is 10.1. The number of nitrogens with zero attached hydrogens (tertiary/aromatic N) is 4. The summed E-state index contributed by atoms with van der Waals surface area (Å²) in [5.41, 5.74) is 7.02. The van der Waals surface area contributed by atoms with Crippen molar-refractivity contribution >= 4 is 17.4 Å². The first-order chi connectivity index (χ1) is 11.2. The highest BCUT2D eigenvalue weighted by atomic mass is 16.1. The quantitative estimate of drug-likeness (QED) is 0.719. The van der Waals surface area contributed by atoms with E-state index in [1.54, 1.807) is 24.7 Å². The van der Waals surface area contributed by atoms with Gasteiger partial charge in [-0.25, -0.2) is 9.97 Å². The molecule has 7 heteroatoms. The fourth-order valence-corrected chi connectivity index (χ4v) is 2.15. The SMILES string of the molecule is NC(=O)Cn1cc(Nc2ccnc(Cc3ccccc3)n2)cn1. The normalized spacial score (nSPS) is 10.4. The number of hydrogen-bond donors (Lipinski definition) is 2. The fourth-order valence-electron chi connectivity index (χ4n) is 2.15. The van der Waals surface area contributed by atoms with Gasteiger partial charge in [0.25, 0.3) is 0 Å². The number of amides is 1. The van der Waals surface area contributed by atoms with Crippen molar-refractivity contribution in [2.45, 2.75) is 13.0 Å². The largest absolute Gasteiger partial charge is 0.368 e. The molecule has 2 heterocycles. The summed E-state index contributed by atoms with van der Waals surface area (Å²) in [6.07, 6.45) is 5.68. The van der Waals surface area contributed by atoms with Crippen molar-refractivity contribution < 1.29 is 4.79 Å². The van der Waals surface area contributed by atoms with E-state index in [1.165, 1.54) is 4.68 Å². The second kappa shape index (κ2) is 6.69. The lowest BCUT2D eigenvalue weighted by Gasteiger charge is -2.05. The molecule has 0 radical (unpaired) electrons. The number of benzene rings is 1. The minimum Gasteiger partial charge on any atom is -0.368 e. The molecular formula is C16H16N6O. The summed E-state index contributed by atoms with van der Waals surface area (Å²) in [5, 5.41) is 7.19. The van der Waals surface area contributed by atoms with Gasteiger partial charge in [-0.3, -0.25) is 9.48 Å². The molecule has 1 amide bonds. The maximum atomic E-state index is 10.9. The molecule has 2 aromatic heterocycles. The van der Waals surface area contributed by atoms with Crippen molar-refractivity contribution in [2.24, 2.45) is 5.73 Å². The molecule has 0 spiro atoms. The first kappa shape index (κ1) is 14.7. The van der Waals surface area contributed by atoms with Crippen LogP contribution in [0.1, 0.15) is 11.4 Å². The number of nitrogens with two attached hydrogens (primary N) is 1. The number of primary amides is 1. The predicted molar refractivity (Wildman–Crippen MR) is 86.0 cm³/mol. The number of carbonyl (C=O) groups excluding carboxylic acids is 1. The Kier molecular flexibility index (Phi) is 4.28. The maximum Gasteiger partial charge on any atom is 0.239 e. The fraction of sp³-hybridized carbons (Fsp3) is 0.125. The first-order valence-corrected chi connectivity index (χ1v) is 7.13. The molecule has 3 rings (SSSR count). The molecule has 7 nitrogen and oxygen atoms in total. The summed E-state index contributed by atoms with van der Waals surface area (Å²) in [7, 11) is 0. The van der Waals surface area contributed by atoms with E-state index in [-0.39, 0.29) is 6.54 Å². The van der Waals surface area contributed by atoms with Crippen molar-refractivity contribution in [1.82, 2.24) is 19.7 Å². The van der Waals surface area contributed by atoms with E-state index in [0.717, 1.165) is 17.1 Å². The van der Waals surface area contributed by atoms with Crippen LogP contribution in [0.5, 0.6) is 0 Å². The molecule has 0 fully saturated rings. The summed E-state index contributed by atoms with van der Waals surface area (Å²) in [4.78, 5) is 19.6. The molecule has 3 aromatic rings. The average molecular weight is 308 g/mol. The van der Waals surface area contributed by atoms with Gasteiger partial charge in [0, 0.05) is 18.8 Å². The molecule has 116 valence electrons.